The summed E-state index contributed by atoms with van der Waals surface area (Å²) in [5, 5.41) is 49.0. The first kappa shape index (κ1) is 16.2. The van der Waals surface area contributed by atoms with Gasteiger partial charge in [-0.2, -0.15) is 0 Å². The van der Waals surface area contributed by atoms with E-state index in [1.165, 1.54) is 6.92 Å². The van der Waals surface area contributed by atoms with Crippen LogP contribution in [0.25, 0.3) is 0 Å². The highest BCUT2D eigenvalue weighted by Crippen LogP contribution is 2.19. The van der Waals surface area contributed by atoms with Crippen LogP contribution in [-0.4, -0.2) is 80.8 Å². The van der Waals surface area contributed by atoms with E-state index in [9.17, 15) is 20.1 Å². The number of aliphatic carboxylic acids is 1. The molecular weight excluding hydrogens is 260 g/mol. The smallest absolute Gasteiger partial charge is 0.323 e. The fourth-order valence-corrected chi connectivity index (χ4v) is 1.88. The lowest BCUT2D eigenvalue weighted by molar-refractivity contribution is -0.201. The van der Waals surface area contributed by atoms with Gasteiger partial charge in [-0.25, -0.2) is 0 Å². The van der Waals surface area contributed by atoms with Crippen molar-refractivity contribution >= 4 is 5.97 Å². The van der Waals surface area contributed by atoms with Crippen LogP contribution in [0.15, 0.2) is 0 Å². The molecule has 1 heterocycles. The minimum atomic E-state index is -1.38. The van der Waals surface area contributed by atoms with Crippen molar-refractivity contribution in [2.75, 3.05) is 6.61 Å². The molecule has 112 valence electrons. The monoisotopic (exact) mass is 280 g/mol. The zero-order chi connectivity index (χ0) is 14.7. The molecule has 1 fully saturated rings. The van der Waals surface area contributed by atoms with Crippen LogP contribution < -0.4 is 11.1 Å². The highest BCUT2D eigenvalue weighted by Gasteiger charge is 2.44. The van der Waals surface area contributed by atoms with Gasteiger partial charge in [0.05, 0.1) is 18.8 Å². The van der Waals surface area contributed by atoms with Gasteiger partial charge in [0.15, 0.2) is 0 Å². The van der Waals surface area contributed by atoms with Crippen LogP contribution in [0, 0.1) is 0 Å². The van der Waals surface area contributed by atoms with Gasteiger partial charge in [0, 0.05) is 0 Å². The summed E-state index contributed by atoms with van der Waals surface area (Å²) in [6.07, 6.45) is -6.17. The number of rotatable bonds is 5. The Morgan fingerprint density at radius 1 is 1.42 bits per heavy atom. The second-order valence-electron chi connectivity index (χ2n) is 4.56. The lowest BCUT2D eigenvalue weighted by Gasteiger charge is -2.42. The molecule has 1 saturated heterocycles. The van der Waals surface area contributed by atoms with Crippen molar-refractivity contribution in [1.82, 2.24) is 5.32 Å². The van der Waals surface area contributed by atoms with E-state index in [0.717, 1.165) is 0 Å². The van der Waals surface area contributed by atoms with Gasteiger partial charge in [-0.05, 0) is 6.92 Å². The van der Waals surface area contributed by atoms with Crippen LogP contribution in [0.2, 0.25) is 0 Å². The molecule has 1 aliphatic rings. The Balaban J connectivity index is 2.78. The number of ether oxygens (including phenoxy) is 1. The topological polar surface area (TPSA) is 166 Å². The van der Waals surface area contributed by atoms with Crippen LogP contribution in [0.3, 0.4) is 0 Å². The average Bonchev–Trinajstić information content (AvgIpc) is 2.34. The summed E-state index contributed by atoms with van der Waals surface area (Å²) in [6.45, 7) is 0.713. The lowest BCUT2D eigenvalue weighted by Crippen LogP contribution is -2.68. The first-order chi connectivity index (χ1) is 8.79. The number of aliphatic hydroxyl groups is 4. The van der Waals surface area contributed by atoms with Gasteiger partial charge in [0.2, 0.25) is 0 Å². The highest BCUT2D eigenvalue weighted by molar-refractivity contribution is 5.74. The molecule has 19 heavy (non-hydrogen) atoms. The summed E-state index contributed by atoms with van der Waals surface area (Å²) in [5.41, 5.74) is 5.62. The molecule has 1 unspecified atom stereocenters. The highest BCUT2D eigenvalue weighted by atomic mass is 16.5. The van der Waals surface area contributed by atoms with E-state index < -0.39 is 55.3 Å². The molecule has 0 spiro atoms. The predicted molar refractivity (Wildman–Crippen MR) is 62.0 cm³/mol. The molecule has 9 nitrogen and oxygen atoms in total. The van der Waals surface area contributed by atoms with Crippen LogP contribution >= 0.6 is 0 Å². The number of carbonyl (C=O) groups is 1. The normalized spacial score (nSPS) is 38.7. The molecule has 8 N–H and O–H groups in total. The van der Waals surface area contributed by atoms with Crippen LogP contribution in [0.1, 0.15) is 6.92 Å². The molecule has 1 aliphatic heterocycles. The summed E-state index contributed by atoms with van der Waals surface area (Å²) >= 11 is 0. The molecule has 0 saturated carbocycles. The SMILES string of the molecule is C[C@@H](O)[C@H](NC1O[C@H](CO)[C@H](O)[C@H](O)[C@H]1N)C(=O)O. The summed E-state index contributed by atoms with van der Waals surface area (Å²) in [4.78, 5) is 10.9. The Morgan fingerprint density at radius 3 is 2.42 bits per heavy atom. The van der Waals surface area contributed by atoms with Gasteiger partial charge >= 0.3 is 5.97 Å². The molecule has 0 aromatic rings. The molecule has 0 amide bonds. The second-order valence-corrected chi connectivity index (χ2v) is 4.56. The van der Waals surface area contributed by atoms with Crippen molar-refractivity contribution in [2.45, 2.75) is 49.7 Å². The Kier molecular flexibility index (Phi) is 5.62. The van der Waals surface area contributed by atoms with Gasteiger partial charge in [-0.15, -0.1) is 0 Å². The van der Waals surface area contributed by atoms with Crippen molar-refractivity contribution < 1.29 is 35.1 Å². The van der Waals surface area contributed by atoms with Crippen molar-refractivity contribution in [3.8, 4) is 0 Å². The molecular formula is C10H20N2O7. The third-order valence-corrected chi connectivity index (χ3v) is 3.07. The largest absolute Gasteiger partial charge is 0.480 e. The Hall–Kier alpha value is -0.810. The first-order valence-electron chi connectivity index (χ1n) is 5.84. The molecule has 0 aromatic carbocycles. The van der Waals surface area contributed by atoms with Crippen molar-refractivity contribution in [3.63, 3.8) is 0 Å². The Labute approximate surface area is 109 Å². The molecule has 0 bridgehead atoms. The molecule has 0 radical (unpaired) electrons. The van der Waals surface area contributed by atoms with Crippen LogP contribution in [-0.2, 0) is 9.53 Å². The van der Waals surface area contributed by atoms with Crippen molar-refractivity contribution in [2.24, 2.45) is 5.73 Å². The molecule has 7 atom stereocenters. The maximum atomic E-state index is 10.9. The van der Waals surface area contributed by atoms with E-state index in [4.69, 9.17) is 20.7 Å². The van der Waals surface area contributed by atoms with E-state index in [2.05, 4.69) is 5.32 Å². The number of nitrogens with one attached hydrogen (secondary N) is 1. The van der Waals surface area contributed by atoms with Gasteiger partial charge in [0.1, 0.15) is 30.6 Å². The summed E-state index contributed by atoms with van der Waals surface area (Å²) in [7, 11) is 0. The summed E-state index contributed by atoms with van der Waals surface area (Å²) in [5.74, 6) is -1.31. The standard InChI is InChI=1S/C10H20N2O7/c1-3(14)6(10(17)18)12-9-5(11)8(16)7(15)4(2-13)19-9/h3-9,12-16H,2,11H2,1H3,(H,17,18)/t3-,4-,5-,6+,7+,8-,9?/m1/s1. The van der Waals surface area contributed by atoms with Gasteiger partial charge in [-0.3, -0.25) is 10.1 Å². The van der Waals surface area contributed by atoms with Crippen LogP contribution in [0.4, 0.5) is 0 Å². The molecule has 0 aliphatic carbocycles. The third kappa shape index (κ3) is 3.60. The number of nitrogens with two attached hydrogens (primary N) is 1. The van der Waals surface area contributed by atoms with Gasteiger partial charge < -0.3 is 36.0 Å². The van der Waals surface area contributed by atoms with E-state index in [1.807, 2.05) is 0 Å². The number of hydrogen-bond donors (Lipinski definition) is 7. The van der Waals surface area contributed by atoms with Crippen molar-refractivity contribution in [3.05, 3.63) is 0 Å². The fourth-order valence-electron chi connectivity index (χ4n) is 1.88. The fraction of sp³-hybridized carbons (Fsp3) is 0.900. The third-order valence-electron chi connectivity index (χ3n) is 3.07. The minimum absolute atomic E-state index is 0.560. The zero-order valence-electron chi connectivity index (χ0n) is 10.4. The lowest BCUT2D eigenvalue weighted by atomic mass is 9.96. The maximum Gasteiger partial charge on any atom is 0.323 e. The molecule has 1 rings (SSSR count). The number of hydrogen-bond acceptors (Lipinski definition) is 8. The number of aliphatic hydroxyl groups excluding tert-OH is 4. The van der Waals surface area contributed by atoms with Crippen molar-refractivity contribution in [1.29, 1.82) is 0 Å². The second kappa shape index (κ2) is 6.57. The molecule has 0 aromatic heterocycles. The van der Waals surface area contributed by atoms with Gasteiger partial charge in [0.25, 0.3) is 0 Å². The average molecular weight is 280 g/mol. The molecule has 9 heteroatoms. The predicted octanol–water partition coefficient (Wildman–Crippen LogP) is -3.82. The quantitative estimate of drug-likeness (QED) is 0.267. The summed E-state index contributed by atoms with van der Waals surface area (Å²) < 4.78 is 5.19. The number of carboxylic acids is 1. The zero-order valence-corrected chi connectivity index (χ0v) is 10.4. The van der Waals surface area contributed by atoms with E-state index in [-0.39, 0.29) is 0 Å². The van der Waals surface area contributed by atoms with Crippen LogP contribution in [0.5, 0.6) is 0 Å². The maximum absolute atomic E-state index is 10.9. The minimum Gasteiger partial charge on any atom is -0.480 e. The first-order valence-corrected chi connectivity index (χ1v) is 5.84. The Morgan fingerprint density at radius 2 is 2.00 bits per heavy atom. The van der Waals surface area contributed by atoms with Gasteiger partial charge in [-0.1, -0.05) is 0 Å². The van der Waals surface area contributed by atoms with E-state index >= 15 is 0 Å². The van der Waals surface area contributed by atoms with E-state index in [1.54, 1.807) is 0 Å². The van der Waals surface area contributed by atoms with E-state index in [0.29, 0.717) is 0 Å². The summed E-state index contributed by atoms with van der Waals surface area (Å²) in [6, 6.07) is -2.45. The Bertz CT molecular complexity index is 312. The number of carboxylic acid groups (broad SMARTS) is 1.